The first-order chi connectivity index (χ1) is 13.8. The van der Waals surface area contributed by atoms with Crippen molar-refractivity contribution >= 4 is 17.6 Å². The minimum absolute atomic E-state index is 0.0342. The number of rotatable bonds is 11. The molecule has 0 radical (unpaired) electrons. The van der Waals surface area contributed by atoms with Crippen molar-refractivity contribution in [1.82, 2.24) is 10.3 Å². The van der Waals surface area contributed by atoms with E-state index in [0.29, 0.717) is 0 Å². The number of Topliss-reactive ketones (excluding diaryl/α,β-unsaturated/α-hetero) is 1. The van der Waals surface area contributed by atoms with Gasteiger partial charge >= 0.3 is 6.18 Å². The van der Waals surface area contributed by atoms with Gasteiger partial charge in [-0.25, -0.2) is 8.78 Å². The van der Waals surface area contributed by atoms with E-state index in [1.807, 2.05) is 0 Å². The molecule has 1 heterocycles. The van der Waals surface area contributed by atoms with Crippen LogP contribution in [0.1, 0.15) is 30.1 Å². The second-order valence-corrected chi connectivity index (χ2v) is 6.37. The van der Waals surface area contributed by atoms with Gasteiger partial charge in [-0.05, 0) is 25.0 Å². The third kappa shape index (κ3) is 8.68. The average Bonchev–Trinajstić information content (AvgIpc) is 2.62. The third-order valence-electron chi connectivity index (χ3n) is 3.71. The van der Waals surface area contributed by atoms with Gasteiger partial charge in [-0.3, -0.25) is 19.6 Å². The highest BCUT2D eigenvalue weighted by Gasteiger charge is 2.54. The number of aromatic nitrogens is 1. The number of nitrogens with two attached hydrogens (primary N) is 2. The Hall–Kier alpha value is -2.83. The van der Waals surface area contributed by atoms with E-state index < -0.39 is 42.5 Å². The molecule has 0 saturated heterocycles. The van der Waals surface area contributed by atoms with Gasteiger partial charge in [0, 0.05) is 25.9 Å². The number of ether oxygens (including phenoxy) is 1. The summed E-state index contributed by atoms with van der Waals surface area (Å²) in [4.78, 5) is 32.0. The predicted molar refractivity (Wildman–Crippen MR) is 96.8 cm³/mol. The van der Waals surface area contributed by atoms with Gasteiger partial charge in [0.1, 0.15) is 6.61 Å². The molecular formula is C17H22F5N5O3. The van der Waals surface area contributed by atoms with Gasteiger partial charge in [0.15, 0.2) is 11.7 Å². The first-order valence-electron chi connectivity index (χ1n) is 8.67. The summed E-state index contributed by atoms with van der Waals surface area (Å²) in [5.74, 6) is -6.22. The summed E-state index contributed by atoms with van der Waals surface area (Å²) in [6.45, 7) is -1.17. The molecular weight excluding hydrogens is 417 g/mol. The van der Waals surface area contributed by atoms with Gasteiger partial charge in [0.2, 0.25) is 6.10 Å². The van der Waals surface area contributed by atoms with Crippen molar-refractivity contribution in [3.63, 3.8) is 0 Å². The van der Waals surface area contributed by atoms with E-state index in [1.54, 1.807) is 0 Å². The SMILES string of the molecule is CC(F)(F)C(OCC(=O)C(CCCN=C(N)N)NC(=O)c1cccnc1)C(F)(F)F. The molecule has 0 bridgehead atoms. The Morgan fingerprint density at radius 3 is 2.43 bits per heavy atom. The Morgan fingerprint density at radius 2 is 1.93 bits per heavy atom. The molecule has 0 spiro atoms. The van der Waals surface area contributed by atoms with Gasteiger partial charge in [0.05, 0.1) is 11.6 Å². The lowest BCUT2D eigenvalue weighted by atomic mass is 10.1. The summed E-state index contributed by atoms with van der Waals surface area (Å²) in [7, 11) is 0. The fraction of sp³-hybridized carbons (Fsp3) is 0.529. The van der Waals surface area contributed by atoms with Crippen LogP contribution in [-0.2, 0) is 9.53 Å². The van der Waals surface area contributed by atoms with E-state index in [2.05, 4.69) is 20.0 Å². The van der Waals surface area contributed by atoms with Crippen LogP contribution < -0.4 is 16.8 Å². The zero-order valence-electron chi connectivity index (χ0n) is 16.0. The van der Waals surface area contributed by atoms with Crippen LogP contribution in [0.4, 0.5) is 22.0 Å². The van der Waals surface area contributed by atoms with Crippen LogP contribution >= 0.6 is 0 Å². The lowest BCUT2D eigenvalue weighted by molar-refractivity contribution is -0.278. The number of ketones is 1. The minimum Gasteiger partial charge on any atom is -0.370 e. The van der Waals surface area contributed by atoms with Gasteiger partial charge in [-0.15, -0.1) is 0 Å². The number of nitrogens with one attached hydrogen (secondary N) is 1. The van der Waals surface area contributed by atoms with Crippen LogP contribution in [0.2, 0.25) is 0 Å². The summed E-state index contributed by atoms with van der Waals surface area (Å²) in [5.41, 5.74) is 10.4. The number of hydrogen-bond acceptors (Lipinski definition) is 5. The molecule has 168 valence electrons. The van der Waals surface area contributed by atoms with Crippen molar-refractivity contribution in [3.05, 3.63) is 30.1 Å². The summed E-state index contributed by atoms with van der Waals surface area (Å²) in [6, 6.07) is 1.55. The van der Waals surface area contributed by atoms with Crippen molar-refractivity contribution in [3.8, 4) is 0 Å². The van der Waals surface area contributed by atoms with E-state index >= 15 is 0 Å². The number of aliphatic imine (C=N–C) groups is 1. The fourth-order valence-electron chi connectivity index (χ4n) is 2.35. The lowest BCUT2D eigenvalue weighted by Crippen LogP contribution is -2.48. The number of hydrogen-bond donors (Lipinski definition) is 3. The molecule has 5 N–H and O–H groups in total. The Balaban J connectivity index is 2.87. The molecule has 0 aliphatic heterocycles. The standard InChI is InChI=1S/C17H22F5N5O3/c1-16(18,19)14(17(20,21)22)30-9-12(28)11(5-3-7-26-15(23)24)27-13(29)10-4-2-6-25-8-10/h2,4,6,8,11,14H,3,5,7,9H2,1H3,(H,27,29)(H4,23,24,26). The zero-order valence-corrected chi connectivity index (χ0v) is 16.0. The molecule has 0 fully saturated rings. The fourth-order valence-corrected chi connectivity index (χ4v) is 2.35. The number of pyridine rings is 1. The molecule has 0 aliphatic carbocycles. The summed E-state index contributed by atoms with van der Waals surface area (Å²) >= 11 is 0. The summed E-state index contributed by atoms with van der Waals surface area (Å²) in [5, 5.41) is 2.33. The Bertz CT molecular complexity index is 720. The first kappa shape index (κ1) is 25.2. The molecule has 2 atom stereocenters. The van der Waals surface area contributed by atoms with Crippen molar-refractivity contribution < 1.29 is 36.3 Å². The normalized spacial score (nSPS) is 13.9. The molecule has 0 saturated carbocycles. The number of halogens is 5. The van der Waals surface area contributed by atoms with Gasteiger partial charge in [-0.2, -0.15) is 13.2 Å². The highest BCUT2D eigenvalue weighted by molar-refractivity contribution is 5.97. The van der Waals surface area contributed by atoms with E-state index in [0.717, 1.165) is 0 Å². The maximum absolute atomic E-state index is 13.2. The Morgan fingerprint density at radius 1 is 1.27 bits per heavy atom. The molecule has 1 aromatic heterocycles. The zero-order chi connectivity index (χ0) is 22.9. The largest absolute Gasteiger partial charge is 0.420 e. The van der Waals surface area contributed by atoms with Crippen molar-refractivity contribution in [2.75, 3.05) is 13.2 Å². The average molecular weight is 439 g/mol. The summed E-state index contributed by atoms with van der Waals surface area (Å²) in [6.07, 6.45) is -6.13. The van der Waals surface area contributed by atoms with Gasteiger partial charge in [0.25, 0.3) is 11.8 Å². The maximum Gasteiger partial charge on any atom is 0.420 e. The smallest absolute Gasteiger partial charge is 0.370 e. The predicted octanol–water partition coefficient (Wildman–Crippen LogP) is 1.41. The summed E-state index contributed by atoms with van der Waals surface area (Å²) < 4.78 is 69.0. The van der Waals surface area contributed by atoms with E-state index in [9.17, 15) is 31.5 Å². The topological polar surface area (TPSA) is 133 Å². The van der Waals surface area contributed by atoms with Crippen molar-refractivity contribution in [2.45, 2.75) is 44.0 Å². The van der Waals surface area contributed by atoms with E-state index in [4.69, 9.17) is 11.5 Å². The Labute approximate surface area is 168 Å². The third-order valence-corrected chi connectivity index (χ3v) is 3.71. The van der Waals surface area contributed by atoms with Crippen molar-refractivity contribution in [2.24, 2.45) is 16.5 Å². The number of carbonyl (C=O) groups is 2. The van der Waals surface area contributed by atoms with Crippen LogP contribution in [0.3, 0.4) is 0 Å². The lowest BCUT2D eigenvalue weighted by Gasteiger charge is -2.26. The van der Waals surface area contributed by atoms with E-state index in [1.165, 1.54) is 24.5 Å². The first-order valence-corrected chi connectivity index (χ1v) is 8.67. The highest BCUT2D eigenvalue weighted by Crippen LogP contribution is 2.34. The van der Waals surface area contributed by atoms with Crippen LogP contribution in [0.25, 0.3) is 0 Å². The molecule has 1 rings (SSSR count). The van der Waals surface area contributed by atoms with Crippen LogP contribution in [0, 0.1) is 0 Å². The number of carbonyl (C=O) groups excluding carboxylic acids is 2. The number of amides is 1. The quantitative estimate of drug-likeness (QED) is 0.207. The van der Waals surface area contributed by atoms with Gasteiger partial charge < -0.3 is 21.5 Å². The van der Waals surface area contributed by atoms with Crippen molar-refractivity contribution in [1.29, 1.82) is 0 Å². The monoisotopic (exact) mass is 439 g/mol. The molecule has 1 aromatic rings. The number of guanidine groups is 1. The molecule has 0 aliphatic rings. The minimum atomic E-state index is -5.39. The Kier molecular flexibility index (Phi) is 9.08. The molecule has 13 heteroatoms. The van der Waals surface area contributed by atoms with Crippen LogP contribution in [0.5, 0.6) is 0 Å². The molecule has 1 amide bonds. The molecule has 30 heavy (non-hydrogen) atoms. The number of nitrogens with zero attached hydrogens (tertiary/aromatic N) is 2. The van der Waals surface area contributed by atoms with Crippen LogP contribution in [-0.4, -0.2) is 60.0 Å². The second-order valence-electron chi connectivity index (χ2n) is 6.37. The van der Waals surface area contributed by atoms with Crippen LogP contribution in [0.15, 0.2) is 29.5 Å². The van der Waals surface area contributed by atoms with Gasteiger partial charge in [-0.1, -0.05) is 0 Å². The molecule has 2 unspecified atom stereocenters. The number of alkyl halides is 5. The second kappa shape index (κ2) is 10.8. The molecule has 0 aromatic carbocycles. The maximum atomic E-state index is 13.2. The molecule has 8 nitrogen and oxygen atoms in total. The van der Waals surface area contributed by atoms with E-state index in [-0.39, 0.29) is 37.8 Å². The highest BCUT2D eigenvalue weighted by atomic mass is 19.4.